The summed E-state index contributed by atoms with van der Waals surface area (Å²) in [6, 6.07) is 8.13. The maximum atomic E-state index is 3.66. The number of rotatable bonds is 3. The zero-order valence-electron chi connectivity index (χ0n) is 12.9. The minimum atomic E-state index is 0.648. The second-order valence-corrected chi connectivity index (χ2v) is 6.06. The minimum Gasteiger partial charge on any atom is -0.313 e. The molecule has 2 atom stereocenters. The number of benzene rings is 1. The van der Waals surface area contributed by atoms with Crippen molar-refractivity contribution in [3.63, 3.8) is 0 Å². The van der Waals surface area contributed by atoms with Crippen molar-refractivity contribution in [2.24, 2.45) is 0 Å². The molecule has 1 aromatic rings. The second kappa shape index (κ2) is 6.53. The van der Waals surface area contributed by atoms with Gasteiger partial charge in [0.25, 0.3) is 0 Å². The number of nitrogens with zero attached hydrogens (tertiary/aromatic N) is 1. The van der Waals surface area contributed by atoms with Crippen LogP contribution in [0, 0.1) is 13.8 Å². The highest BCUT2D eigenvalue weighted by Gasteiger charge is 2.22. The highest BCUT2D eigenvalue weighted by Crippen LogP contribution is 2.18. The van der Waals surface area contributed by atoms with E-state index in [1.54, 1.807) is 0 Å². The molecule has 19 heavy (non-hydrogen) atoms. The molecule has 1 heterocycles. The average molecular weight is 260 g/mol. The van der Waals surface area contributed by atoms with Crippen molar-refractivity contribution >= 4 is 0 Å². The molecule has 0 amide bonds. The fourth-order valence-corrected chi connectivity index (χ4v) is 2.89. The Morgan fingerprint density at radius 2 is 2.11 bits per heavy atom. The Morgan fingerprint density at radius 1 is 1.32 bits per heavy atom. The van der Waals surface area contributed by atoms with Crippen LogP contribution in [0.1, 0.15) is 43.4 Å². The van der Waals surface area contributed by atoms with E-state index in [0.29, 0.717) is 12.1 Å². The molecule has 2 heteroatoms. The number of hydrogen-bond acceptors (Lipinski definition) is 2. The van der Waals surface area contributed by atoms with Gasteiger partial charge < -0.3 is 5.32 Å². The van der Waals surface area contributed by atoms with Crippen molar-refractivity contribution in [3.8, 4) is 0 Å². The summed E-state index contributed by atoms with van der Waals surface area (Å²) in [5.74, 6) is 0. The molecule has 106 valence electrons. The van der Waals surface area contributed by atoms with Gasteiger partial charge in [0.1, 0.15) is 0 Å². The van der Waals surface area contributed by atoms with Crippen molar-refractivity contribution in [2.45, 2.75) is 59.2 Å². The number of hydrogen-bond donors (Lipinski definition) is 1. The Morgan fingerprint density at radius 3 is 2.84 bits per heavy atom. The lowest BCUT2D eigenvalue weighted by atomic mass is 10.0. The van der Waals surface area contributed by atoms with Crippen LogP contribution in [-0.4, -0.2) is 30.1 Å². The number of nitrogens with one attached hydrogen (secondary N) is 1. The standard InChI is InChI=1S/C17H28N2/c1-5-17-12-19(15(4)8-9-18-17)11-16-10-13(2)6-7-14(16)3/h6-7,10,15,17-18H,5,8-9,11-12H2,1-4H3. The van der Waals surface area contributed by atoms with Crippen LogP contribution in [0.2, 0.25) is 0 Å². The predicted molar refractivity (Wildman–Crippen MR) is 82.5 cm³/mol. The van der Waals surface area contributed by atoms with Gasteiger partial charge in [-0.2, -0.15) is 0 Å². The highest BCUT2D eigenvalue weighted by atomic mass is 15.2. The van der Waals surface area contributed by atoms with Gasteiger partial charge in [0.05, 0.1) is 0 Å². The molecule has 1 fully saturated rings. The van der Waals surface area contributed by atoms with Crippen LogP contribution in [0.3, 0.4) is 0 Å². The highest BCUT2D eigenvalue weighted by molar-refractivity contribution is 5.30. The van der Waals surface area contributed by atoms with E-state index in [1.807, 2.05) is 0 Å². The van der Waals surface area contributed by atoms with Gasteiger partial charge >= 0.3 is 0 Å². The summed E-state index contributed by atoms with van der Waals surface area (Å²) < 4.78 is 0. The van der Waals surface area contributed by atoms with Crippen molar-refractivity contribution in [2.75, 3.05) is 13.1 Å². The lowest BCUT2D eigenvalue weighted by molar-refractivity contribution is 0.194. The Bertz CT molecular complexity index is 414. The summed E-state index contributed by atoms with van der Waals surface area (Å²) in [7, 11) is 0. The average Bonchev–Trinajstić information content (AvgIpc) is 2.56. The van der Waals surface area contributed by atoms with Gasteiger partial charge in [-0.25, -0.2) is 0 Å². The Balaban J connectivity index is 2.12. The normalized spacial score (nSPS) is 25.3. The molecule has 1 N–H and O–H groups in total. The molecule has 2 nitrogen and oxygen atoms in total. The third kappa shape index (κ3) is 3.80. The van der Waals surface area contributed by atoms with Crippen LogP contribution in [0.25, 0.3) is 0 Å². The summed E-state index contributed by atoms with van der Waals surface area (Å²) in [4.78, 5) is 2.65. The summed E-state index contributed by atoms with van der Waals surface area (Å²) in [5, 5.41) is 3.66. The van der Waals surface area contributed by atoms with E-state index in [9.17, 15) is 0 Å². The molecule has 0 aliphatic carbocycles. The summed E-state index contributed by atoms with van der Waals surface area (Å²) >= 11 is 0. The molecule has 1 aliphatic rings. The van der Waals surface area contributed by atoms with Crippen molar-refractivity contribution < 1.29 is 0 Å². The molecule has 0 saturated carbocycles. The molecule has 0 bridgehead atoms. The molecule has 1 aliphatic heterocycles. The van der Waals surface area contributed by atoms with Crippen molar-refractivity contribution in [1.29, 1.82) is 0 Å². The molecular formula is C17H28N2. The first-order valence-electron chi connectivity index (χ1n) is 7.63. The van der Waals surface area contributed by atoms with E-state index < -0.39 is 0 Å². The molecule has 0 radical (unpaired) electrons. The van der Waals surface area contributed by atoms with Crippen LogP contribution < -0.4 is 5.32 Å². The van der Waals surface area contributed by atoms with Gasteiger partial charge in [0.15, 0.2) is 0 Å². The summed E-state index contributed by atoms with van der Waals surface area (Å²) in [5.41, 5.74) is 4.28. The van der Waals surface area contributed by atoms with E-state index in [4.69, 9.17) is 0 Å². The third-order valence-corrected chi connectivity index (χ3v) is 4.44. The predicted octanol–water partition coefficient (Wildman–Crippen LogP) is 3.27. The van der Waals surface area contributed by atoms with Crippen LogP contribution in [0.4, 0.5) is 0 Å². The SMILES string of the molecule is CCC1CN(Cc2cc(C)ccc2C)C(C)CCN1. The Kier molecular flexibility index (Phi) is 5.00. The van der Waals surface area contributed by atoms with Crippen molar-refractivity contribution in [3.05, 3.63) is 34.9 Å². The zero-order valence-corrected chi connectivity index (χ0v) is 12.9. The van der Waals surface area contributed by atoms with Gasteiger partial charge in [-0.1, -0.05) is 30.7 Å². The third-order valence-electron chi connectivity index (χ3n) is 4.44. The molecular weight excluding hydrogens is 232 g/mol. The first-order valence-corrected chi connectivity index (χ1v) is 7.63. The van der Waals surface area contributed by atoms with Gasteiger partial charge in [0.2, 0.25) is 0 Å². The monoisotopic (exact) mass is 260 g/mol. The Hall–Kier alpha value is -0.860. The van der Waals surface area contributed by atoms with E-state index in [-0.39, 0.29) is 0 Å². The van der Waals surface area contributed by atoms with E-state index >= 15 is 0 Å². The lowest BCUT2D eigenvalue weighted by Crippen LogP contribution is -2.39. The maximum Gasteiger partial charge on any atom is 0.0239 e. The Labute approximate surface area is 118 Å². The zero-order chi connectivity index (χ0) is 13.8. The van der Waals surface area contributed by atoms with E-state index in [2.05, 4.69) is 56.1 Å². The summed E-state index contributed by atoms with van der Waals surface area (Å²) in [6.45, 7) is 12.5. The smallest absolute Gasteiger partial charge is 0.0239 e. The molecule has 2 unspecified atom stereocenters. The first kappa shape index (κ1) is 14.5. The molecule has 0 aromatic heterocycles. The van der Waals surface area contributed by atoms with Crippen molar-refractivity contribution in [1.82, 2.24) is 10.2 Å². The fraction of sp³-hybridized carbons (Fsp3) is 0.647. The quantitative estimate of drug-likeness (QED) is 0.897. The van der Waals surface area contributed by atoms with Crippen LogP contribution in [-0.2, 0) is 6.54 Å². The maximum absolute atomic E-state index is 3.66. The molecule has 2 rings (SSSR count). The molecule has 0 spiro atoms. The largest absolute Gasteiger partial charge is 0.313 e. The van der Waals surface area contributed by atoms with Gasteiger partial charge in [0, 0.05) is 25.2 Å². The van der Waals surface area contributed by atoms with Crippen LogP contribution >= 0.6 is 0 Å². The minimum absolute atomic E-state index is 0.648. The first-order chi connectivity index (χ1) is 9.10. The van der Waals surface area contributed by atoms with Gasteiger partial charge in [-0.3, -0.25) is 4.90 Å². The topological polar surface area (TPSA) is 15.3 Å². The van der Waals surface area contributed by atoms with E-state index in [0.717, 1.165) is 13.1 Å². The second-order valence-electron chi connectivity index (χ2n) is 6.06. The molecule has 1 saturated heterocycles. The fourth-order valence-electron chi connectivity index (χ4n) is 2.89. The molecule has 1 aromatic carbocycles. The van der Waals surface area contributed by atoms with Gasteiger partial charge in [-0.15, -0.1) is 0 Å². The van der Waals surface area contributed by atoms with E-state index in [1.165, 1.54) is 36.1 Å². The lowest BCUT2D eigenvalue weighted by Gasteiger charge is -2.29. The summed E-state index contributed by atoms with van der Waals surface area (Å²) in [6.07, 6.45) is 2.47. The van der Waals surface area contributed by atoms with Gasteiger partial charge in [-0.05, 0) is 51.3 Å². The number of aryl methyl sites for hydroxylation is 2. The van der Waals surface area contributed by atoms with Crippen LogP contribution in [0.5, 0.6) is 0 Å². The van der Waals surface area contributed by atoms with Crippen LogP contribution in [0.15, 0.2) is 18.2 Å².